The van der Waals surface area contributed by atoms with Gasteiger partial charge in [-0.3, -0.25) is 14.9 Å². The van der Waals surface area contributed by atoms with Gasteiger partial charge in [0.05, 0.1) is 17.6 Å². The maximum absolute atomic E-state index is 11.4. The second-order valence-electron chi connectivity index (χ2n) is 3.56. The highest BCUT2D eigenvalue weighted by atomic mass is 16.6. The summed E-state index contributed by atoms with van der Waals surface area (Å²) in [6.45, 7) is 2.67. The van der Waals surface area contributed by atoms with E-state index in [2.05, 4.69) is 10.1 Å². The van der Waals surface area contributed by atoms with E-state index in [1.54, 1.807) is 0 Å². The Morgan fingerprint density at radius 1 is 1.39 bits per heavy atom. The lowest BCUT2D eigenvalue weighted by Gasteiger charge is -2.09. The molecule has 7 heteroatoms. The Morgan fingerprint density at radius 3 is 2.44 bits per heavy atom. The third-order valence-electron chi connectivity index (χ3n) is 2.33. The van der Waals surface area contributed by atoms with E-state index >= 15 is 0 Å². The molecular formula is C11H12N2O5. The van der Waals surface area contributed by atoms with Crippen molar-refractivity contribution < 1.29 is 19.2 Å². The lowest BCUT2D eigenvalue weighted by atomic mass is 10.1. The van der Waals surface area contributed by atoms with Gasteiger partial charge in [-0.1, -0.05) is 0 Å². The van der Waals surface area contributed by atoms with Crippen molar-refractivity contribution in [3.05, 3.63) is 33.4 Å². The van der Waals surface area contributed by atoms with Crippen molar-refractivity contribution in [2.45, 2.75) is 13.8 Å². The predicted molar refractivity (Wildman–Crippen MR) is 63.5 cm³/mol. The molecule has 0 aliphatic heterocycles. The average Bonchev–Trinajstić information content (AvgIpc) is 2.27. The number of amides is 1. The number of anilines is 1. The molecule has 1 N–H and O–H groups in total. The van der Waals surface area contributed by atoms with Crippen LogP contribution >= 0.6 is 0 Å². The van der Waals surface area contributed by atoms with Crippen LogP contribution in [-0.4, -0.2) is 23.9 Å². The molecular weight excluding hydrogens is 240 g/mol. The number of hydrogen-bond acceptors (Lipinski definition) is 5. The molecule has 0 fully saturated rings. The molecule has 0 radical (unpaired) electrons. The molecule has 0 aliphatic carbocycles. The summed E-state index contributed by atoms with van der Waals surface area (Å²) in [5, 5.41) is 13.3. The molecule has 0 saturated carbocycles. The first-order chi connectivity index (χ1) is 8.38. The fraction of sp³-hybridized carbons (Fsp3) is 0.273. The van der Waals surface area contributed by atoms with Gasteiger partial charge >= 0.3 is 5.97 Å². The van der Waals surface area contributed by atoms with Gasteiger partial charge in [-0.2, -0.15) is 0 Å². The Bertz CT molecular complexity index is 524. The van der Waals surface area contributed by atoms with E-state index in [9.17, 15) is 19.7 Å². The number of carbonyl (C=O) groups excluding carboxylic acids is 2. The van der Waals surface area contributed by atoms with Gasteiger partial charge in [-0.05, 0) is 19.1 Å². The van der Waals surface area contributed by atoms with Gasteiger partial charge in [0, 0.05) is 12.5 Å². The van der Waals surface area contributed by atoms with Crippen LogP contribution < -0.4 is 5.32 Å². The standard InChI is InChI=1S/C11H12N2O5/c1-6-8(11(15)18-3)4-5-9(12-7(2)14)10(6)13(16)17/h4-5H,1-3H3,(H,12,14). The summed E-state index contributed by atoms with van der Waals surface area (Å²) in [6, 6.07) is 2.68. The van der Waals surface area contributed by atoms with E-state index in [4.69, 9.17) is 0 Å². The number of ether oxygens (including phenoxy) is 1. The normalized spacial score (nSPS) is 9.72. The van der Waals surface area contributed by atoms with E-state index in [1.807, 2.05) is 0 Å². The van der Waals surface area contributed by atoms with Gasteiger partial charge in [0.25, 0.3) is 5.69 Å². The zero-order chi connectivity index (χ0) is 13.9. The molecule has 0 unspecified atom stereocenters. The lowest BCUT2D eigenvalue weighted by molar-refractivity contribution is -0.384. The molecule has 1 aromatic carbocycles. The molecule has 1 rings (SSSR count). The number of rotatable bonds is 3. The SMILES string of the molecule is COC(=O)c1ccc(NC(C)=O)c([N+](=O)[O-])c1C. The summed E-state index contributed by atoms with van der Waals surface area (Å²) in [6.07, 6.45) is 0. The van der Waals surface area contributed by atoms with Crippen molar-refractivity contribution in [1.82, 2.24) is 0 Å². The van der Waals surface area contributed by atoms with Gasteiger partial charge in [-0.25, -0.2) is 4.79 Å². The summed E-state index contributed by atoms with van der Waals surface area (Å²) in [5.74, 6) is -1.09. The number of nitro benzene ring substituents is 1. The fourth-order valence-electron chi connectivity index (χ4n) is 1.56. The average molecular weight is 252 g/mol. The first-order valence-electron chi connectivity index (χ1n) is 5.02. The summed E-state index contributed by atoms with van der Waals surface area (Å²) in [5.41, 5.74) is -0.0119. The molecule has 1 amide bonds. The van der Waals surface area contributed by atoms with Gasteiger partial charge in [0.1, 0.15) is 5.69 Å². The fourth-order valence-corrected chi connectivity index (χ4v) is 1.56. The summed E-state index contributed by atoms with van der Waals surface area (Å²) in [7, 11) is 1.19. The van der Waals surface area contributed by atoms with E-state index in [1.165, 1.54) is 33.1 Å². The Morgan fingerprint density at radius 2 is 2.00 bits per heavy atom. The minimum atomic E-state index is -0.662. The highest BCUT2D eigenvalue weighted by Gasteiger charge is 2.24. The molecule has 18 heavy (non-hydrogen) atoms. The molecule has 0 saturated heterocycles. The second kappa shape index (κ2) is 5.26. The van der Waals surface area contributed by atoms with Gasteiger partial charge in [0.2, 0.25) is 5.91 Å². The molecule has 0 atom stereocenters. The van der Waals surface area contributed by atoms with Crippen LogP contribution in [0.5, 0.6) is 0 Å². The van der Waals surface area contributed by atoms with Crippen molar-refractivity contribution >= 4 is 23.3 Å². The minimum Gasteiger partial charge on any atom is -0.465 e. The number of hydrogen-bond donors (Lipinski definition) is 1. The third-order valence-corrected chi connectivity index (χ3v) is 2.33. The number of nitrogens with zero attached hydrogens (tertiary/aromatic N) is 1. The van der Waals surface area contributed by atoms with E-state index < -0.39 is 16.8 Å². The van der Waals surface area contributed by atoms with E-state index in [0.29, 0.717) is 0 Å². The van der Waals surface area contributed by atoms with Crippen molar-refractivity contribution in [3.8, 4) is 0 Å². The van der Waals surface area contributed by atoms with E-state index in [-0.39, 0.29) is 22.5 Å². The monoisotopic (exact) mass is 252 g/mol. The first-order valence-corrected chi connectivity index (χ1v) is 5.02. The Balaban J connectivity index is 3.42. The summed E-state index contributed by atoms with van der Waals surface area (Å²) >= 11 is 0. The third kappa shape index (κ3) is 2.62. The number of esters is 1. The topological polar surface area (TPSA) is 98.5 Å². The predicted octanol–water partition coefficient (Wildman–Crippen LogP) is 1.65. The Hall–Kier alpha value is -2.44. The second-order valence-corrected chi connectivity index (χ2v) is 3.56. The molecule has 1 aromatic rings. The molecule has 0 heterocycles. The van der Waals surface area contributed by atoms with Crippen molar-refractivity contribution in [3.63, 3.8) is 0 Å². The van der Waals surface area contributed by atoms with Gasteiger partial charge in [-0.15, -0.1) is 0 Å². The Labute approximate surface area is 103 Å². The zero-order valence-electron chi connectivity index (χ0n) is 10.1. The van der Waals surface area contributed by atoms with Crippen LogP contribution in [0.15, 0.2) is 12.1 Å². The first kappa shape index (κ1) is 13.6. The highest BCUT2D eigenvalue weighted by molar-refractivity contribution is 5.97. The Kier molecular flexibility index (Phi) is 3.98. The smallest absolute Gasteiger partial charge is 0.338 e. The quantitative estimate of drug-likeness (QED) is 0.501. The van der Waals surface area contributed by atoms with Crippen LogP contribution in [0.1, 0.15) is 22.8 Å². The van der Waals surface area contributed by atoms with Crippen LogP contribution in [0.2, 0.25) is 0 Å². The highest BCUT2D eigenvalue weighted by Crippen LogP contribution is 2.31. The van der Waals surface area contributed by atoms with Crippen molar-refractivity contribution in [2.24, 2.45) is 0 Å². The number of nitrogens with one attached hydrogen (secondary N) is 1. The molecule has 0 bridgehead atoms. The van der Waals surface area contributed by atoms with Crippen LogP contribution in [0, 0.1) is 17.0 Å². The molecule has 0 aliphatic rings. The van der Waals surface area contributed by atoms with Crippen molar-refractivity contribution in [2.75, 3.05) is 12.4 Å². The number of benzene rings is 1. The summed E-state index contributed by atoms with van der Waals surface area (Å²) < 4.78 is 4.52. The van der Waals surface area contributed by atoms with Gasteiger partial charge < -0.3 is 10.1 Å². The number of nitro groups is 1. The maximum atomic E-state index is 11.4. The van der Waals surface area contributed by atoms with Crippen LogP contribution in [0.3, 0.4) is 0 Å². The van der Waals surface area contributed by atoms with Crippen LogP contribution in [-0.2, 0) is 9.53 Å². The largest absolute Gasteiger partial charge is 0.465 e. The molecule has 7 nitrogen and oxygen atoms in total. The van der Waals surface area contributed by atoms with E-state index in [0.717, 1.165) is 0 Å². The molecule has 96 valence electrons. The number of methoxy groups -OCH3 is 1. The zero-order valence-corrected chi connectivity index (χ0v) is 10.1. The summed E-state index contributed by atoms with van der Waals surface area (Å²) in [4.78, 5) is 32.7. The number of carbonyl (C=O) groups is 2. The molecule has 0 spiro atoms. The maximum Gasteiger partial charge on any atom is 0.338 e. The van der Waals surface area contributed by atoms with Crippen molar-refractivity contribution in [1.29, 1.82) is 0 Å². The van der Waals surface area contributed by atoms with Crippen LogP contribution in [0.25, 0.3) is 0 Å². The van der Waals surface area contributed by atoms with Crippen LogP contribution in [0.4, 0.5) is 11.4 Å². The molecule has 0 aromatic heterocycles. The minimum absolute atomic E-state index is 0.0534. The van der Waals surface area contributed by atoms with Gasteiger partial charge in [0.15, 0.2) is 0 Å². The lowest BCUT2D eigenvalue weighted by Crippen LogP contribution is -2.11.